The Morgan fingerprint density at radius 3 is 2.90 bits per heavy atom. The van der Waals surface area contributed by atoms with Gasteiger partial charge in [0.15, 0.2) is 5.78 Å². The lowest BCUT2D eigenvalue weighted by Crippen LogP contribution is -2.05. The summed E-state index contributed by atoms with van der Waals surface area (Å²) in [5.74, 6) is -0.210. The van der Waals surface area contributed by atoms with Crippen LogP contribution >= 0.6 is 11.3 Å². The second-order valence-electron chi connectivity index (χ2n) is 2.07. The fourth-order valence-corrected chi connectivity index (χ4v) is 1.34. The van der Waals surface area contributed by atoms with Crippen LogP contribution in [0.15, 0.2) is 16.8 Å². The van der Waals surface area contributed by atoms with E-state index in [9.17, 15) is 4.79 Å². The molecule has 3 heteroatoms. The molecule has 0 amide bonds. The van der Waals surface area contributed by atoms with Crippen molar-refractivity contribution >= 4 is 17.1 Å². The van der Waals surface area contributed by atoms with E-state index in [1.54, 1.807) is 11.4 Å². The topological polar surface area (TPSA) is 37.3 Å². The molecule has 0 aromatic carbocycles. The van der Waals surface area contributed by atoms with Gasteiger partial charge in [0, 0.05) is 0 Å². The normalized spacial score (nSPS) is 13.0. The Bertz CT molecular complexity index is 216. The number of carbonyl (C=O) groups is 1. The van der Waals surface area contributed by atoms with Crippen LogP contribution < -0.4 is 0 Å². The lowest BCUT2D eigenvalue weighted by Gasteiger charge is -2.01. The van der Waals surface area contributed by atoms with Crippen LogP contribution in [-0.2, 0) is 4.79 Å². The van der Waals surface area contributed by atoms with E-state index < -0.39 is 6.10 Å². The highest BCUT2D eigenvalue weighted by molar-refractivity contribution is 7.08. The van der Waals surface area contributed by atoms with Gasteiger partial charge in [0.2, 0.25) is 0 Å². The fraction of sp³-hybridized carbons (Fsp3) is 0.286. The van der Waals surface area contributed by atoms with Crippen molar-refractivity contribution < 1.29 is 9.90 Å². The Kier molecular flexibility index (Phi) is 2.19. The molecule has 2 nitrogen and oxygen atoms in total. The summed E-state index contributed by atoms with van der Waals surface area (Å²) in [6.07, 6.45) is -0.925. The third-order valence-electron chi connectivity index (χ3n) is 1.24. The molecule has 0 saturated carbocycles. The van der Waals surface area contributed by atoms with Crippen LogP contribution in [-0.4, -0.2) is 10.9 Å². The summed E-state index contributed by atoms with van der Waals surface area (Å²) in [6.45, 7) is 1.38. The first kappa shape index (κ1) is 7.44. The van der Waals surface area contributed by atoms with Crippen molar-refractivity contribution in [3.05, 3.63) is 22.4 Å². The molecule has 0 radical (unpaired) electrons. The van der Waals surface area contributed by atoms with Crippen LogP contribution in [0.1, 0.15) is 18.6 Å². The number of hydrogen-bond acceptors (Lipinski definition) is 3. The summed E-state index contributed by atoms with van der Waals surface area (Å²) in [7, 11) is 0. The molecule has 0 saturated heterocycles. The molecule has 1 rings (SSSR count). The highest BCUT2D eigenvalue weighted by atomic mass is 32.1. The van der Waals surface area contributed by atoms with Crippen molar-refractivity contribution in [1.29, 1.82) is 0 Å². The number of rotatable bonds is 2. The lowest BCUT2D eigenvalue weighted by atomic mass is 10.1. The lowest BCUT2D eigenvalue weighted by molar-refractivity contribution is -0.125. The first-order valence-electron chi connectivity index (χ1n) is 2.92. The summed E-state index contributed by atoms with van der Waals surface area (Å²) >= 11 is 1.47. The van der Waals surface area contributed by atoms with Crippen LogP contribution in [0.2, 0.25) is 0 Å². The summed E-state index contributed by atoms with van der Waals surface area (Å²) in [5.41, 5.74) is 0.692. The Hall–Kier alpha value is -0.670. The number of Topliss-reactive ketones (excluding diaryl/α,β-unsaturated/α-hetero) is 1. The van der Waals surface area contributed by atoms with Crippen molar-refractivity contribution in [2.24, 2.45) is 0 Å². The van der Waals surface area contributed by atoms with Gasteiger partial charge in [0.25, 0.3) is 0 Å². The number of thiophene rings is 1. The first-order chi connectivity index (χ1) is 4.72. The Labute approximate surface area is 63.1 Å². The van der Waals surface area contributed by atoms with Crippen molar-refractivity contribution in [1.82, 2.24) is 0 Å². The second kappa shape index (κ2) is 2.94. The fourth-order valence-electron chi connectivity index (χ4n) is 0.665. The van der Waals surface area contributed by atoms with Crippen molar-refractivity contribution in [2.45, 2.75) is 13.0 Å². The summed E-state index contributed by atoms with van der Waals surface area (Å²) in [4.78, 5) is 10.6. The Morgan fingerprint density at radius 1 is 1.80 bits per heavy atom. The molecule has 1 atom stereocenters. The molecule has 1 heterocycles. The molecule has 0 aliphatic carbocycles. The van der Waals surface area contributed by atoms with Gasteiger partial charge in [-0.25, -0.2) is 0 Å². The predicted molar refractivity (Wildman–Crippen MR) is 40.0 cm³/mol. The number of carbonyl (C=O) groups excluding carboxylic acids is 1. The maximum atomic E-state index is 10.6. The van der Waals surface area contributed by atoms with Crippen LogP contribution in [0.25, 0.3) is 0 Å². The van der Waals surface area contributed by atoms with Gasteiger partial charge in [-0.1, -0.05) is 0 Å². The van der Waals surface area contributed by atoms with Crippen molar-refractivity contribution in [2.75, 3.05) is 0 Å². The van der Waals surface area contributed by atoms with E-state index >= 15 is 0 Å². The monoisotopic (exact) mass is 156 g/mol. The molecule has 0 aliphatic heterocycles. The quantitative estimate of drug-likeness (QED) is 0.702. The van der Waals surface area contributed by atoms with Gasteiger partial charge in [0.1, 0.15) is 6.10 Å². The van der Waals surface area contributed by atoms with E-state index in [0.29, 0.717) is 5.56 Å². The summed E-state index contributed by atoms with van der Waals surface area (Å²) < 4.78 is 0. The SMILES string of the molecule is CC(=O)C(O)c1ccsc1. The third kappa shape index (κ3) is 1.43. The highest BCUT2D eigenvalue weighted by Crippen LogP contribution is 2.16. The number of aliphatic hydroxyl groups excluding tert-OH is 1. The summed E-state index contributed by atoms with van der Waals surface area (Å²) in [5, 5.41) is 12.7. The number of aliphatic hydroxyl groups is 1. The van der Waals surface area contributed by atoms with Gasteiger partial charge in [-0.05, 0) is 29.3 Å². The molecule has 1 N–H and O–H groups in total. The second-order valence-corrected chi connectivity index (χ2v) is 2.85. The molecule has 0 spiro atoms. The van der Waals surface area contributed by atoms with Crippen molar-refractivity contribution in [3.8, 4) is 0 Å². The molecule has 0 aliphatic rings. The van der Waals surface area contributed by atoms with Crippen LogP contribution in [0.3, 0.4) is 0 Å². The van der Waals surface area contributed by atoms with Gasteiger partial charge >= 0.3 is 0 Å². The van der Waals surface area contributed by atoms with Gasteiger partial charge in [0.05, 0.1) is 0 Å². The zero-order valence-electron chi connectivity index (χ0n) is 5.57. The van der Waals surface area contributed by atoms with E-state index in [4.69, 9.17) is 5.11 Å². The Balaban J connectivity index is 2.77. The molecule has 54 valence electrons. The molecule has 1 unspecified atom stereocenters. The zero-order chi connectivity index (χ0) is 7.56. The van der Waals surface area contributed by atoms with Gasteiger partial charge in [-0.15, -0.1) is 0 Å². The van der Waals surface area contributed by atoms with Gasteiger partial charge < -0.3 is 5.11 Å². The largest absolute Gasteiger partial charge is 0.381 e. The van der Waals surface area contributed by atoms with E-state index in [1.807, 2.05) is 5.38 Å². The molecule has 10 heavy (non-hydrogen) atoms. The minimum absolute atomic E-state index is 0.210. The average molecular weight is 156 g/mol. The van der Waals surface area contributed by atoms with Gasteiger partial charge in [-0.3, -0.25) is 4.79 Å². The van der Waals surface area contributed by atoms with E-state index in [2.05, 4.69) is 0 Å². The molecule has 1 aromatic heterocycles. The maximum absolute atomic E-state index is 10.6. The summed E-state index contributed by atoms with van der Waals surface area (Å²) in [6, 6.07) is 1.75. The average Bonchev–Trinajstić information content (AvgIpc) is 2.36. The van der Waals surface area contributed by atoms with Crippen molar-refractivity contribution in [3.63, 3.8) is 0 Å². The van der Waals surface area contributed by atoms with E-state index in [-0.39, 0.29) is 5.78 Å². The van der Waals surface area contributed by atoms with Crippen LogP contribution in [0.4, 0.5) is 0 Å². The number of hydrogen-bond donors (Lipinski definition) is 1. The molecule has 0 fully saturated rings. The standard InChI is InChI=1S/C7H8O2S/c1-5(8)7(9)6-2-3-10-4-6/h2-4,7,9H,1H3. The van der Waals surface area contributed by atoms with Gasteiger partial charge in [-0.2, -0.15) is 11.3 Å². The minimum atomic E-state index is -0.925. The minimum Gasteiger partial charge on any atom is -0.381 e. The maximum Gasteiger partial charge on any atom is 0.162 e. The molecular weight excluding hydrogens is 148 g/mol. The predicted octanol–water partition coefficient (Wildman–Crippen LogP) is 1.37. The molecule has 1 aromatic rings. The smallest absolute Gasteiger partial charge is 0.162 e. The highest BCUT2D eigenvalue weighted by Gasteiger charge is 2.11. The van der Waals surface area contributed by atoms with E-state index in [1.165, 1.54) is 18.3 Å². The number of ketones is 1. The van der Waals surface area contributed by atoms with Crippen LogP contribution in [0.5, 0.6) is 0 Å². The third-order valence-corrected chi connectivity index (χ3v) is 1.95. The van der Waals surface area contributed by atoms with Crippen LogP contribution in [0, 0.1) is 0 Å². The molecule has 0 bridgehead atoms. The Morgan fingerprint density at radius 2 is 2.50 bits per heavy atom. The zero-order valence-corrected chi connectivity index (χ0v) is 6.39. The molecular formula is C7H8O2S. The first-order valence-corrected chi connectivity index (χ1v) is 3.86. The van der Waals surface area contributed by atoms with E-state index in [0.717, 1.165) is 0 Å².